The SMILES string of the molecule is COc1ccc(C)cc1NC(=O)c1ccnc(Nc2ccc3c(c2)OCCO3)c1. The van der Waals surface area contributed by atoms with E-state index in [0.717, 1.165) is 17.0 Å². The molecule has 0 atom stereocenters. The lowest BCUT2D eigenvalue weighted by Crippen LogP contribution is -2.15. The van der Waals surface area contributed by atoms with Gasteiger partial charge in [-0.15, -0.1) is 0 Å². The molecular weight excluding hydrogens is 370 g/mol. The lowest BCUT2D eigenvalue weighted by molar-refractivity contribution is 0.102. The fraction of sp³-hybridized carbons (Fsp3) is 0.182. The maximum absolute atomic E-state index is 12.7. The smallest absolute Gasteiger partial charge is 0.255 e. The van der Waals surface area contributed by atoms with E-state index in [1.54, 1.807) is 25.4 Å². The Morgan fingerprint density at radius 3 is 2.69 bits per heavy atom. The number of rotatable bonds is 5. The number of nitrogens with zero attached hydrogens (tertiary/aromatic N) is 1. The fourth-order valence-corrected chi connectivity index (χ4v) is 3.02. The molecule has 2 heterocycles. The minimum atomic E-state index is -0.249. The van der Waals surface area contributed by atoms with Gasteiger partial charge in [0.05, 0.1) is 12.8 Å². The summed E-state index contributed by atoms with van der Waals surface area (Å²) >= 11 is 0. The highest BCUT2D eigenvalue weighted by molar-refractivity contribution is 6.05. The highest BCUT2D eigenvalue weighted by Crippen LogP contribution is 2.33. The Kier molecular flexibility index (Phi) is 5.20. The monoisotopic (exact) mass is 391 g/mol. The zero-order chi connectivity index (χ0) is 20.2. The van der Waals surface area contributed by atoms with Gasteiger partial charge < -0.3 is 24.8 Å². The summed E-state index contributed by atoms with van der Waals surface area (Å²) in [4.78, 5) is 17.0. The third kappa shape index (κ3) is 4.24. The lowest BCUT2D eigenvalue weighted by Gasteiger charge is -2.19. The predicted molar refractivity (Wildman–Crippen MR) is 111 cm³/mol. The third-order valence-corrected chi connectivity index (χ3v) is 4.44. The molecule has 7 heteroatoms. The molecule has 2 aromatic carbocycles. The topological polar surface area (TPSA) is 81.7 Å². The standard InChI is InChI=1S/C22H21N3O4/c1-14-3-5-18(27-2)17(11-14)25-22(26)15-7-8-23-21(12-15)24-16-4-6-19-20(13-16)29-10-9-28-19/h3-8,11-13H,9-10H2,1-2H3,(H,23,24)(H,25,26). The minimum absolute atomic E-state index is 0.249. The fourth-order valence-electron chi connectivity index (χ4n) is 3.02. The van der Waals surface area contributed by atoms with Gasteiger partial charge >= 0.3 is 0 Å². The van der Waals surface area contributed by atoms with Crippen molar-refractivity contribution < 1.29 is 19.0 Å². The summed E-state index contributed by atoms with van der Waals surface area (Å²) in [6, 6.07) is 14.5. The average Bonchev–Trinajstić information content (AvgIpc) is 2.74. The summed E-state index contributed by atoms with van der Waals surface area (Å²) in [6.45, 7) is 3.02. The zero-order valence-electron chi connectivity index (χ0n) is 16.2. The van der Waals surface area contributed by atoms with Crippen LogP contribution >= 0.6 is 0 Å². The van der Waals surface area contributed by atoms with Crippen LogP contribution < -0.4 is 24.8 Å². The van der Waals surface area contributed by atoms with E-state index in [1.807, 2.05) is 43.3 Å². The molecule has 0 aliphatic carbocycles. The number of carbonyl (C=O) groups excluding carboxylic acids is 1. The van der Waals surface area contributed by atoms with Gasteiger partial charge in [-0.05, 0) is 48.9 Å². The summed E-state index contributed by atoms with van der Waals surface area (Å²) in [5, 5.41) is 6.09. The molecule has 0 unspecified atom stereocenters. The van der Waals surface area contributed by atoms with Crippen LogP contribution in [0.1, 0.15) is 15.9 Å². The number of anilines is 3. The Balaban J connectivity index is 1.51. The number of nitrogens with one attached hydrogen (secondary N) is 2. The molecule has 0 fully saturated rings. The van der Waals surface area contributed by atoms with E-state index in [4.69, 9.17) is 14.2 Å². The number of benzene rings is 2. The van der Waals surface area contributed by atoms with Gasteiger partial charge in [0.1, 0.15) is 24.8 Å². The van der Waals surface area contributed by atoms with Crippen LogP contribution in [0.4, 0.5) is 17.2 Å². The molecule has 1 aliphatic heterocycles. The molecule has 0 saturated carbocycles. The van der Waals surface area contributed by atoms with Crippen LogP contribution in [0, 0.1) is 6.92 Å². The van der Waals surface area contributed by atoms with Crippen LogP contribution in [0.2, 0.25) is 0 Å². The first kappa shape index (κ1) is 18.6. The number of hydrogen-bond acceptors (Lipinski definition) is 6. The van der Waals surface area contributed by atoms with Crippen molar-refractivity contribution in [3.63, 3.8) is 0 Å². The van der Waals surface area contributed by atoms with Gasteiger partial charge in [0.25, 0.3) is 5.91 Å². The van der Waals surface area contributed by atoms with Crippen LogP contribution in [-0.2, 0) is 0 Å². The summed E-state index contributed by atoms with van der Waals surface area (Å²) in [5.74, 6) is 2.30. The molecular formula is C22H21N3O4. The van der Waals surface area contributed by atoms with E-state index in [1.165, 1.54) is 0 Å². The summed E-state index contributed by atoms with van der Waals surface area (Å²) in [6.07, 6.45) is 1.59. The number of methoxy groups -OCH3 is 1. The largest absolute Gasteiger partial charge is 0.495 e. The number of aromatic nitrogens is 1. The van der Waals surface area contributed by atoms with Gasteiger partial charge in [-0.3, -0.25) is 4.79 Å². The van der Waals surface area contributed by atoms with Crippen molar-refractivity contribution in [2.45, 2.75) is 6.92 Å². The van der Waals surface area contributed by atoms with Crippen LogP contribution in [0.15, 0.2) is 54.7 Å². The van der Waals surface area contributed by atoms with E-state index in [2.05, 4.69) is 15.6 Å². The van der Waals surface area contributed by atoms with Crippen molar-refractivity contribution in [3.8, 4) is 17.2 Å². The maximum atomic E-state index is 12.7. The van der Waals surface area contributed by atoms with E-state index >= 15 is 0 Å². The number of hydrogen-bond donors (Lipinski definition) is 2. The first-order chi connectivity index (χ1) is 14.1. The Labute approximate surface area is 168 Å². The van der Waals surface area contributed by atoms with Gasteiger partial charge in [0, 0.05) is 23.5 Å². The quantitative estimate of drug-likeness (QED) is 0.680. The summed E-state index contributed by atoms with van der Waals surface area (Å²) in [5.41, 5.74) is 2.91. The zero-order valence-corrected chi connectivity index (χ0v) is 16.2. The number of amides is 1. The molecule has 29 heavy (non-hydrogen) atoms. The van der Waals surface area contributed by atoms with Crippen LogP contribution in [0.25, 0.3) is 0 Å². The maximum Gasteiger partial charge on any atom is 0.255 e. The Morgan fingerprint density at radius 2 is 1.86 bits per heavy atom. The molecule has 2 N–H and O–H groups in total. The van der Waals surface area contributed by atoms with Crippen molar-refractivity contribution in [1.29, 1.82) is 0 Å². The van der Waals surface area contributed by atoms with E-state index in [-0.39, 0.29) is 5.91 Å². The number of ether oxygens (including phenoxy) is 3. The highest BCUT2D eigenvalue weighted by Gasteiger charge is 2.13. The molecule has 4 rings (SSSR count). The van der Waals surface area contributed by atoms with E-state index < -0.39 is 0 Å². The molecule has 1 aromatic heterocycles. The van der Waals surface area contributed by atoms with Crippen molar-refractivity contribution >= 4 is 23.1 Å². The molecule has 0 bridgehead atoms. The minimum Gasteiger partial charge on any atom is -0.495 e. The molecule has 0 saturated heterocycles. The Hall–Kier alpha value is -3.74. The molecule has 148 valence electrons. The van der Waals surface area contributed by atoms with Gasteiger partial charge in [-0.2, -0.15) is 0 Å². The lowest BCUT2D eigenvalue weighted by atomic mass is 10.2. The average molecular weight is 391 g/mol. The molecule has 0 spiro atoms. The van der Waals surface area contributed by atoms with Gasteiger partial charge in [-0.25, -0.2) is 4.98 Å². The van der Waals surface area contributed by atoms with E-state index in [0.29, 0.717) is 41.8 Å². The first-order valence-corrected chi connectivity index (χ1v) is 9.21. The van der Waals surface area contributed by atoms with Crippen LogP contribution in [-0.4, -0.2) is 31.2 Å². The van der Waals surface area contributed by atoms with Gasteiger partial charge in [-0.1, -0.05) is 6.07 Å². The van der Waals surface area contributed by atoms with Crippen molar-refractivity contribution in [3.05, 3.63) is 65.9 Å². The Bertz CT molecular complexity index is 1050. The normalized spacial score (nSPS) is 12.2. The summed E-state index contributed by atoms with van der Waals surface area (Å²) in [7, 11) is 1.57. The molecule has 1 aliphatic rings. The molecule has 1 amide bonds. The first-order valence-electron chi connectivity index (χ1n) is 9.21. The van der Waals surface area contributed by atoms with Gasteiger partial charge in [0.15, 0.2) is 11.5 Å². The van der Waals surface area contributed by atoms with Crippen LogP contribution in [0.5, 0.6) is 17.2 Å². The Morgan fingerprint density at radius 1 is 1.03 bits per heavy atom. The van der Waals surface area contributed by atoms with E-state index in [9.17, 15) is 4.79 Å². The van der Waals surface area contributed by atoms with Crippen molar-refractivity contribution in [2.75, 3.05) is 31.0 Å². The second kappa shape index (κ2) is 8.10. The number of pyridine rings is 1. The second-order valence-electron chi connectivity index (χ2n) is 6.57. The molecule has 3 aromatic rings. The van der Waals surface area contributed by atoms with Crippen LogP contribution in [0.3, 0.4) is 0 Å². The second-order valence-corrected chi connectivity index (χ2v) is 6.57. The number of fused-ring (bicyclic) bond motifs is 1. The van der Waals surface area contributed by atoms with Crippen molar-refractivity contribution in [1.82, 2.24) is 4.98 Å². The number of carbonyl (C=O) groups is 1. The van der Waals surface area contributed by atoms with Crippen molar-refractivity contribution in [2.24, 2.45) is 0 Å². The number of aryl methyl sites for hydroxylation is 1. The van der Waals surface area contributed by atoms with Gasteiger partial charge in [0.2, 0.25) is 0 Å². The predicted octanol–water partition coefficient (Wildman–Crippen LogP) is 4.17. The highest BCUT2D eigenvalue weighted by atomic mass is 16.6. The molecule has 0 radical (unpaired) electrons. The third-order valence-electron chi connectivity index (χ3n) is 4.44. The summed E-state index contributed by atoms with van der Waals surface area (Å²) < 4.78 is 16.5. The molecule has 7 nitrogen and oxygen atoms in total.